The number of fused-ring (bicyclic) bond motifs is 1. The lowest BCUT2D eigenvalue weighted by molar-refractivity contribution is -0.384. The number of benzene rings is 2. The van der Waals surface area contributed by atoms with Crippen LogP contribution in [0.4, 0.5) is 11.4 Å². The number of anilines is 1. The van der Waals surface area contributed by atoms with Crippen LogP contribution in [0.5, 0.6) is 5.75 Å². The molecule has 0 spiro atoms. The first-order chi connectivity index (χ1) is 13.7. The van der Waals surface area contributed by atoms with Gasteiger partial charge in [0.2, 0.25) is 5.91 Å². The van der Waals surface area contributed by atoms with Crippen LogP contribution in [0.1, 0.15) is 21.6 Å². The second-order valence-corrected chi connectivity index (χ2v) is 6.58. The fourth-order valence-corrected chi connectivity index (χ4v) is 3.35. The van der Waals surface area contributed by atoms with E-state index in [9.17, 15) is 24.8 Å². The molecule has 0 saturated heterocycles. The Morgan fingerprint density at radius 2 is 1.97 bits per heavy atom. The molecule has 0 bridgehead atoms. The second-order valence-electron chi connectivity index (χ2n) is 6.58. The number of amides is 1. The van der Waals surface area contributed by atoms with Gasteiger partial charge in [-0.1, -0.05) is 11.6 Å². The average molecular weight is 397 g/mol. The molecule has 1 amide bonds. The van der Waals surface area contributed by atoms with E-state index in [0.717, 1.165) is 5.56 Å². The number of hydrogen-bond acceptors (Lipinski definition) is 5. The van der Waals surface area contributed by atoms with Crippen LogP contribution in [-0.2, 0) is 18.3 Å². The van der Waals surface area contributed by atoms with Crippen molar-refractivity contribution in [2.75, 3.05) is 12.4 Å². The van der Waals surface area contributed by atoms with Crippen molar-refractivity contribution in [3.8, 4) is 5.75 Å². The number of aromatic carboxylic acids is 1. The van der Waals surface area contributed by atoms with E-state index in [0.29, 0.717) is 16.5 Å². The highest BCUT2D eigenvalue weighted by atomic mass is 16.6. The smallest absolute Gasteiger partial charge is 0.352 e. The summed E-state index contributed by atoms with van der Waals surface area (Å²) in [4.78, 5) is 35.0. The minimum absolute atomic E-state index is 0.0201. The SMILES string of the molecule is COc1ccc([N+](=O)[O-])cc1NC(=O)Cc1c(C(=O)O)n(C)c2ccc(C)cc12. The Bertz CT molecular complexity index is 1150. The minimum atomic E-state index is -1.14. The molecule has 0 aliphatic rings. The van der Waals surface area contributed by atoms with Gasteiger partial charge in [0.1, 0.15) is 11.4 Å². The maximum absolute atomic E-state index is 12.7. The summed E-state index contributed by atoms with van der Waals surface area (Å²) < 4.78 is 6.68. The first kappa shape index (κ1) is 19.9. The van der Waals surface area contributed by atoms with E-state index in [1.54, 1.807) is 7.05 Å². The van der Waals surface area contributed by atoms with Crippen LogP contribution in [0.25, 0.3) is 10.9 Å². The zero-order chi connectivity index (χ0) is 21.3. The Balaban J connectivity index is 2.00. The maximum Gasteiger partial charge on any atom is 0.352 e. The van der Waals surface area contributed by atoms with Gasteiger partial charge in [0.25, 0.3) is 5.69 Å². The number of aromatic nitrogens is 1. The summed E-state index contributed by atoms with van der Waals surface area (Å²) in [6.07, 6.45) is -0.214. The van der Waals surface area contributed by atoms with Crippen molar-refractivity contribution in [1.82, 2.24) is 4.57 Å². The van der Waals surface area contributed by atoms with Crippen molar-refractivity contribution in [2.45, 2.75) is 13.3 Å². The van der Waals surface area contributed by atoms with E-state index in [2.05, 4.69) is 5.32 Å². The Kier molecular flexibility index (Phi) is 5.22. The Morgan fingerprint density at radius 1 is 1.24 bits per heavy atom. The molecule has 0 aliphatic carbocycles. The molecule has 0 aliphatic heterocycles. The molecule has 1 heterocycles. The van der Waals surface area contributed by atoms with Gasteiger partial charge in [-0.05, 0) is 25.1 Å². The second kappa shape index (κ2) is 7.63. The van der Waals surface area contributed by atoms with Gasteiger partial charge >= 0.3 is 5.97 Å². The van der Waals surface area contributed by atoms with Gasteiger partial charge in [-0.2, -0.15) is 0 Å². The van der Waals surface area contributed by atoms with E-state index >= 15 is 0 Å². The predicted molar refractivity (Wildman–Crippen MR) is 107 cm³/mol. The fraction of sp³-hybridized carbons (Fsp3) is 0.200. The van der Waals surface area contributed by atoms with Gasteiger partial charge in [0.15, 0.2) is 0 Å². The van der Waals surface area contributed by atoms with E-state index < -0.39 is 16.8 Å². The molecular weight excluding hydrogens is 378 g/mol. The minimum Gasteiger partial charge on any atom is -0.495 e. The van der Waals surface area contributed by atoms with Crippen molar-refractivity contribution in [3.63, 3.8) is 0 Å². The number of nitro groups is 1. The summed E-state index contributed by atoms with van der Waals surface area (Å²) in [5.41, 5.74) is 1.96. The third kappa shape index (κ3) is 3.75. The zero-order valence-corrected chi connectivity index (χ0v) is 16.1. The maximum atomic E-state index is 12.7. The molecule has 0 saturated carbocycles. The number of nitrogens with one attached hydrogen (secondary N) is 1. The van der Waals surface area contributed by atoms with Crippen LogP contribution < -0.4 is 10.1 Å². The molecule has 0 unspecified atom stereocenters. The predicted octanol–water partition coefficient (Wildman–Crippen LogP) is 3.28. The number of hydrogen-bond donors (Lipinski definition) is 2. The number of rotatable bonds is 6. The monoisotopic (exact) mass is 397 g/mol. The van der Waals surface area contributed by atoms with E-state index in [1.807, 2.05) is 25.1 Å². The molecule has 0 atom stereocenters. The number of aryl methyl sites for hydroxylation is 2. The van der Waals surface area contributed by atoms with Crippen molar-refractivity contribution in [3.05, 3.63) is 63.3 Å². The molecule has 9 heteroatoms. The normalized spacial score (nSPS) is 10.7. The fourth-order valence-electron chi connectivity index (χ4n) is 3.35. The number of methoxy groups -OCH3 is 1. The third-order valence-electron chi connectivity index (χ3n) is 4.67. The molecule has 0 fully saturated rings. The third-order valence-corrected chi connectivity index (χ3v) is 4.67. The van der Waals surface area contributed by atoms with E-state index in [1.165, 1.54) is 29.9 Å². The lowest BCUT2D eigenvalue weighted by atomic mass is 10.0. The lowest BCUT2D eigenvalue weighted by Gasteiger charge is -2.10. The number of carbonyl (C=O) groups excluding carboxylic acids is 1. The lowest BCUT2D eigenvalue weighted by Crippen LogP contribution is -2.17. The van der Waals surface area contributed by atoms with Gasteiger partial charge in [0, 0.05) is 35.6 Å². The first-order valence-corrected chi connectivity index (χ1v) is 8.66. The van der Waals surface area contributed by atoms with Crippen molar-refractivity contribution in [1.29, 1.82) is 0 Å². The van der Waals surface area contributed by atoms with Gasteiger partial charge in [-0.15, -0.1) is 0 Å². The van der Waals surface area contributed by atoms with Gasteiger partial charge in [0.05, 0.1) is 24.1 Å². The largest absolute Gasteiger partial charge is 0.495 e. The van der Waals surface area contributed by atoms with Gasteiger partial charge in [-0.3, -0.25) is 14.9 Å². The van der Waals surface area contributed by atoms with Crippen LogP contribution in [0.3, 0.4) is 0 Å². The Hall–Kier alpha value is -3.88. The van der Waals surface area contributed by atoms with Crippen LogP contribution in [0.2, 0.25) is 0 Å². The molecular formula is C20H19N3O6. The summed E-state index contributed by atoms with van der Waals surface area (Å²) in [6.45, 7) is 1.88. The highest BCUT2D eigenvalue weighted by Crippen LogP contribution is 2.30. The Morgan fingerprint density at radius 3 is 2.59 bits per heavy atom. The molecule has 150 valence electrons. The van der Waals surface area contributed by atoms with Crippen molar-refractivity contribution < 1.29 is 24.4 Å². The van der Waals surface area contributed by atoms with Crippen molar-refractivity contribution in [2.24, 2.45) is 7.05 Å². The number of nitro benzene ring substituents is 1. The van der Waals surface area contributed by atoms with Crippen LogP contribution in [0, 0.1) is 17.0 Å². The molecule has 29 heavy (non-hydrogen) atoms. The van der Waals surface area contributed by atoms with Crippen LogP contribution in [-0.4, -0.2) is 33.6 Å². The van der Waals surface area contributed by atoms with Crippen LogP contribution in [0.15, 0.2) is 36.4 Å². The molecule has 0 radical (unpaired) electrons. The molecule has 1 aromatic heterocycles. The van der Waals surface area contributed by atoms with E-state index in [-0.39, 0.29) is 29.2 Å². The number of nitrogens with zero attached hydrogens (tertiary/aromatic N) is 2. The first-order valence-electron chi connectivity index (χ1n) is 8.66. The van der Waals surface area contributed by atoms with Gasteiger partial charge < -0.3 is 19.7 Å². The molecule has 2 N–H and O–H groups in total. The molecule has 3 aromatic rings. The number of ether oxygens (including phenoxy) is 1. The van der Waals surface area contributed by atoms with Crippen molar-refractivity contribution >= 4 is 34.2 Å². The summed E-state index contributed by atoms with van der Waals surface area (Å²) in [7, 11) is 3.01. The molecule has 3 rings (SSSR count). The van der Waals surface area contributed by atoms with E-state index in [4.69, 9.17) is 4.74 Å². The summed E-state index contributed by atoms with van der Waals surface area (Å²) >= 11 is 0. The Labute approximate surface area is 165 Å². The summed E-state index contributed by atoms with van der Waals surface area (Å²) in [5.74, 6) is -1.39. The summed E-state index contributed by atoms with van der Waals surface area (Å²) in [6, 6.07) is 9.36. The average Bonchev–Trinajstić information content (AvgIpc) is 2.92. The number of non-ortho nitro benzene ring substituents is 1. The quantitative estimate of drug-likeness (QED) is 0.486. The molecule has 9 nitrogen and oxygen atoms in total. The van der Waals surface area contributed by atoms with Gasteiger partial charge in [-0.25, -0.2) is 4.79 Å². The number of carboxylic acids is 1. The number of carboxylic acid groups (broad SMARTS) is 1. The molecule has 2 aromatic carbocycles. The summed E-state index contributed by atoms with van der Waals surface area (Å²) in [5, 5.41) is 23.9. The highest BCUT2D eigenvalue weighted by molar-refractivity contribution is 6.03. The topological polar surface area (TPSA) is 124 Å². The number of carbonyl (C=O) groups is 2. The van der Waals surface area contributed by atoms with Crippen LogP contribution >= 0.6 is 0 Å². The standard InChI is InChI=1S/C20H19N3O6/c1-11-4-6-16-13(8-11)14(19(20(25)26)22(16)2)10-18(24)21-15-9-12(23(27)28)5-7-17(15)29-3/h4-9H,10H2,1-3H3,(H,21,24)(H,25,26). The zero-order valence-electron chi connectivity index (χ0n) is 16.1. The highest BCUT2D eigenvalue weighted by Gasteiger charge is 2.23.